The minimum atomic E-state index is -4.25. The average Bonchev–Trinajstić information content (AvgIpc) is 3.00. The van der Waals surface area contributed by atoms with E-state index in [4.69, 9.17) is 5.73 Å². The molecule has 2 aromatic rings. The molecule has 3 rings (SSSR count). The summed E-state index contributed by atoms with van der Waals surface area (Å²) in [5.74, 6) is -1.03. The smallest absolute Gasteiger partial charge is 0.242 e. The summed E-state index contributed by atoms with van der Waals surface area (Å²) in [7, 11) is -2.57. The number of halogens is 2. The van der Waals surface area contributed by atoms with Crippen LogP contribution in [-0.4, -0.2) is 48.1 Å². The van der Waals surface area contributed by atoms with Gasteiger partial charge in [-0.05, 0) is 44.0 Å². The van der Waals surface area contributed by atoms with Crippen molar-refractivity contribution in [3.05, 3.63) is 53.0 Å². The van der Waals surface area contributed by atoms with Crippen LogP contribution in [0.4, 0.5) is 20.3 Å². The highest BCUT2D eigenvalue weighted by Crippen LogP contribution is 2.37. The number of anilines is 2. The van der Waals surface area contributed by atoms with Gasteiger partial charge in [-0.3, -0.25) is 9.40 Å². The van der Waals surface area contributed by atoms with Crippen molar-refractivity contribution in [3.8, 4) is 0 Å². The van der Waals surface area contributed by atoms with Crippen LogP contribution in [0.5, 0.6) is 0 Å². The van der Waals surface area contributed by atoms with Crippen molar-refractivity contribution in [1.29, 1.82) is 0 Å². The molecule has 0 aromatic carbocycles. The molecule has 180 valence electrons. The molecule has 1 unspecified atom stereocenters. The number of nitrogens with two attached hydrogens (primary N) is 1. The summed E-state index contributed by atoms with van der Waals surface area (Å²) in [5, 5.41) is 2.48. The van der Waals surface area contributed by atoms with E-state index in [-0.39, 0.29) is 11.3 Å². The normalized spacial score (nSPS) is 16.7. The van der Waals surface area contributed by atoms with Gasteiger partial charge in [-0.25, -0.2) is 22.2 Å². The molecule has 3 N–H and O–H groups in total. The second-order valence-corrected chi connectivity index (χ2v) is 9.90. The third-order valence-electron chi connectivity index (χ3n) is 5.65. The SMILES string of the molecule is CCCN(CCN)c1cc(C2=C(F)CC(S(=O)(=O)Nc3c(C)nn(C)c3C)C(F)=C2)ccn1. The summed E-state index contributed by atoms with van der Waals surface area (Å²) < 4.78 is 59.9. The van der Waals surface area contributed by atoms with Crippen LogP contribution in [0.3, 0.4) is 0 Å². The van der Waals surface area contributed by atoms with Crippen LogP contribution in [0.25, 0.3) is 5.57 Å². The fourth-order valence-electron chi connectivity index (χ4n) is 3.84. The molecule has 1 aliphatic rings. The maximum atomic E-state index is 15.1. The Morgan fingerprint density at radius 1 is 1.30 bits per heavy atom. The van der Waals surface area contributed by atoms with E-state index in [1.807, 2.05) is 11.8 Å². The Morgan fingerprint density at radius 2 is 2.03 bits per heavy atom. The van der Waals surface area contributed by atoms with Crippen LogP contribution >= 0.6 is 0 Å². The first-order valence-electron chi connectivity index (χ1n) is 10.8. The molecule has 0 fully saturated rings. The predicted molar refractivity (Wildman–Crippen MR) is 127 cm³/mol. The maximum Gasteiger partial charge on any atom is 0.242 e. The van der Waals surface area contributed by atoms with Crippen LogP contribution in [0.15, 0.2) is 36.1 Å². The predicted octanol–water partition coefficient (Wildman–Crippen LogP) is 3.36. The van der Waals surface area contributed by atoms with E-state index in [0.717, 1.165) is 19.0 Å². The lowest BCUT2D eigenvalue weighted by Crippen LogP contribution is -2.31. The quantitative estimate of drug-likeness (QED) is 0.570. The Hall–Kier alpha value is -2.79. The van der Waals surface area contributed by atoms with Gasteiger partial charge >= 0.3 is 0 Å². The van der Waals surface area contributed by atoms with Crippen LogP contribution in [0.1, 0.15) is 36.7 Å². The topological polar surface area (TPSA) is 106 Å². The second kappa shape index (κ2) is 10.0. The molecule has 2 heterocycles. The van der Waals surface area contributed by atoms with Crippen molar-refractivity contribution in [2.24, 2.45) is 12.8 Å². The first kappa shape index (κ1) is 24.8. The van der Waals surface area contributed by atoms with Crippen molar-refractivity contribution in [2.75, 3.05) is 29.3 Å². The van der Waals surface area contributed by atoms with Crippen molar-refractivity contribution in [2.45, 2.75) is 38.9 Å². The summed E-state index contributed by atoms with van der Waals surface area (Å²) in [4.78, 5) is 6.31. The minimum absolute atomic E-state index is 0.0144. The van der Waals surface area contributed by atoms with Crippen molar-refractivity contribution in [1.82, 2.24) is 14.8 Å². The highest BCUT2D eigenvalue weighted by Gasteiger charge is 2.36. The number of aromatic nitrogens is 3. The van der Waals surface area contributed by atoms with Gasteiger partial charge in [0, 0.05) is 44.9 Å². The Balaban J connectivity index is 1.89. The summed E-state index contributed by atoms with van der Waals surface area (Å²) in [6.45, 7) is 7.09. The lowest BCUT2D eigenvalue weighted by molar-refractivity contribution is 0.512. The van der Waals surface area contributed by atoms with E-state index >= 15 is 8.78 Å². The lowest BCUT2D eigenvalue weighted by atomic mass is 9.98. The zero-order chi connectivity index (χ0) is 24.3. The second-order valence-electron chi connectivity index (χ2n) is 8.04. The molecule has 0 amide bonds. The molecule has 0 radical (unpaired) electrons. The Kier molecular flexibility index (Phi) is 7.53. The number of hydrogen-bond donors (Lipinski definition) is 2. The van der Waals surface area contributed by atoms with Gasteiger partial charge in [0.05, 0.1) is 17.1 Å². The van der Waals surface area contributed by atoms with Gasteiger partial charge < -0.3 is 10.6 Å². The number of rotatable bonds is 9. The van der Waals surface area contributed by atoms with Gasteiger partial charge in [0.2, 0.25) is 10.0 Å². The zero-order valence-corrected chi connectivity index (χ0v) is 20.1. The molecule has 0 saturated heterocycles. The molecule has 11 heteroatoms. The van der Waals surface area contributed by atoms with E-state index in [0.29, 0.717) is 35.9 Å². The number of nitrogens with zero attached hydrogens (tertiary/aromatic N) is 4. The molecule has 0 bridgehead atoms. The molecule has 0 spiro atoms. The maximum absolute atomic E-state index is 15.1. The van der Waals surface area contributed by atoms with Crippen LogP contribution in [-0.2, 0) is 17.1 Å². The molecular formula is C22H30F2N6O2S. The molecule has 33 heavy (non-hydrogen) atoms. The van der Waals surface area contributed by atoms with Gasteiger partial charge in [-0.1, -0.05) is 6.92 Å². The van der Waals surface area contributed by atoms with Crippen LogP contribution < -0.4 is 15.4 Å². The van der Waals surface area contributed by atoms with Crippen molar-refractivity contribution < 1.29 is 17.2 Å². The highest BCUT2D eigenvalue weighted by atomic mass is 32.2. The number of nitrogens with one attached hydrogen (secondary N) is 1. The van der Waals surface area contributed by atoms with E-state index in [1.165, 1.54) is 10.9 Å². The molecule has 1 atom stereocenters. The number of sulfonamides is 1. The van der Waals surface area contributed by atoms with Crippen molar-refractivity contribution >= 4 is 27.1 Å². The fourth-order valence-corrected chi connectivity index (χ4v) is 5.29. The minimum Gasteiger partial charge on any atom is -0.355 e. The molecule has 0 aliphatic heterocycles. The van der Waals surface area contributed by atoms with Gasteiger partial charge in [0.15, 0.2) is 0 Å². The van der Waals surface area contributed by atoms with Crippen LogP contribution in [0, 0.1) is 13.8 Å². The molecule has 2 aromatic heterocycles. The number of allylic oxidation sites excluding steroid dienone is 3. The summed E-state index contributed by atoms with van der Waals surface area (Å²) in [6, 6.07) is 3.24. The monoisotopic (exact) mass is 480 g/mol. The third-order valence-corrected chi connectivity index (χ3v) is 7.28. The van der Waals surface area contributed by atoms with Gasteiger partial charge in [0.1, 0.15) is 22.7 Å². The summed E-state index contributed by atoms with van der Waals surface area (Å²) in [6.07, 6.45) is 2.75. The van der Waals surface area contributed by atoms with E-state index in [1.54, 1.807) is 33.0 Å². The van der Waals surface area contributed by atoms with Crippen LogP contribution in [0.2, 0.25) is 0 Å². The first-order chi connectivity index (χ1) is 15.6. The number of pyridine rings is 1. The highest BCUT2D eigenvalue weighted by molar-refractivity contribution is 7.93. The lowest BCUT2D eigenvalue weighted by Gasteiger charge is -2.24. The van der Waals surface area contributed by atoms with E-state index < -0.39 is 33.3 Å². The summed E-state index contributed by atoms with van der Waals surface area (Å²) in [5.41, 5.74) is 7.42. The first-order valence-corrected chi connectivity index (χ1v) is 12.3. The molecule has 1 aliphatic carbocycles. The molecule has 8 nitrogen and oxygen atoms in total. The Bertz CT molecular complexity index is 1180. The number of hydrogen-bond acceptors (Lipinski definition) is 6. The van der Waals surface area contributed by atoms with Gasteiger partial charge in [0.25, 0.3) is 0 Å². The molecular weight excluding hydrogens is 450 g/mol. The van der Waals surface area contributed by atoms with Gasteiger partial charge in [-0.2, -0.15) is 5.10 Å². The van der Waals surface area contributed by atoms with Gasteiger partial charge in [-0.15, -0.1) is 0 Å². The third kappa shape index (κ3) is 5.25. The Labute approximate surface area is 193 Å². The average molecular weight is 481 g/mol. The van der Waals surface area contributed by atoms with Crippen molar-refractivity contribution in [3.63, 3.8) is 0 Å². The Morgan fingerprint density at radius 3 is 2.64 bits per heavy atom. The van der Waals surface area contributed by atoms with E-state index in [2.05, 4.69) is 14.8 Å². The van der Waals surface area contributed by atoms with E-state index in [9.17, 15) is 8.42 Å². The zero-order valence-electron chi connectivity index (χ0n) is 19.3. The standard InChI is InChI=1S/C22H30F2N6O2S/c1-5-9-30(10-7-25)21-11-16(6-8-26-21)17-12-19(24)20(13-18(17)23)33(31,32)28-22-14(2)27-29(4)15(22)3/h6,8,11-12,20,28H,5,7,9-10,13,25H2,1-4H3. The summed E-state index contributed by atoms with van der Waals surface area (Å²) >= 11 is 0. The fraction of sp³-hybridized carbons (Fsp3) is 0.455. The largest absolute Gasteiger partial charge is 0.355 e. The molecule has 0 saturated carbocycles. The number of aryl methyl sites for hydroxylation is 2.